The fourth-order valence-corrected chi connectivity index (χ4v) is 13.3. The minimum absolute atomic E-state index is 0.0538. The normalized spacial score (nSPS) is 17.7. The molecule has 0 aliphatic heterocycles. The van der Waals surface area contributed by atoms with Crippen LogP contribution in [0.3, 0.4) is 0 Å². The Bertz CT molecular complexity index is 3770. The van der Waals surface area contributed by atoms with E-state index in [0.29, 0.717) is 5.92 Å². The second-order valence-corrected chi connectivity index (χ2v) is 19.6. The van der Waals surface area contributed by atoms with Crippen molar-refractivity contribution < 1.29 is 0 Å². The molecule has 2 saturated carbocycles. The van der Waals surface area contributed by atoms with Gasteiger partial charge < -0.3 is 9.47 Å². The maximum atomic E-state index is 2.60. The van der Waals surface area contributed by atoms with Crippen molar-refractivity contribution in [1.82, 2.24) is 4.57 Å². The van der Waals surface area contributed by atoms with Gasteiger partial charge in [-0.2, -0.15) is 0 Å². The summed E-state index contributed by atoms with van der Waals surface area (Å²) in [7, 11) is 0. The molecule has 2 fully saturated rings. The van der Waals surface area contributed by atoms with Gasteiger partial charge in [0, 0.05) is 38.7 Å². The number of hydrogen-bond donors (Lipinski definition) is 0. The molecule has 2 heteroatoms. The number of nitrogens with zero attached hydrogens (tertiary/aromatic N) is 2. The van der Waals surface area contributed by atoms with E-state index in [2.05, 4.69) is 252 Å². The number of aromatic nitrogens is 1. The van der Waals surface area contributed by atoms with Crippen molar-refractivity contribution in [3.05, 3.63) is 254 Å². The highest BCUT2D eigenvalue weighted by Crippen LogP contribution is 2.67. The van der Waals surface area contributed by atoms with Gasteiger partial charge in [-0.15, -0.1) is 0 Å². The van der Waals surface area contributed by atoms with E-state index in [1.165, 1.54) is 120 Å². The average Bonchev–Trinajstić information content (AvgIpc) is 4.20. The summed E-state index contributed by atoms with van der Waals surface area (Å²) in [5, 5.41) is 2.52. The van der Waals surface area contributed by atoms with Crippen molar-refractivity contribution in [3.8, 4) is 61.3 Å². The third-order valence-corrected chi connectivity index (χ3v) is 16.1. The minimum Gasteiger partial charge on any atom is -0.309 e. The van der Waals surface area contributed by atoms with Gasteiger partial charge in [-0.3, -0.25) is 0 Å². The lowest BCUT2D eigenvalue weighted by Gasteiger charge is -2.37. The molecule has 2 nitrogen and oxygen atoms in total. The maximum Gasteiger partial charge on any atom is 0.0547 e. The third kappa shape index (κ3) is 6.18. The van der Waals surface area contributed by atoms with E-state index in [0.717, 1.165) is 23.0 Å². The Morgan fingerprint density at radius 3 is 1.75 bits per heavy atom. The quantitative estimate of drug-likeness (QED) is 0.148. The van der Waals surface area contributed by atoms with Crippen LogP contribution >= 0.6 is 0 Å². The van der Waals surface area contributed by atoms with Crippen LogP contribution in [0, 0.1) is 11.8 Å². The minimum atomic E-state index is 0.0538. The summed E-state index contributed by atoms with van der Waals surface area (Å²) in [4.78, 5) is 2.60. The van der Waals surface area contributed by atoms with Crippen LogP contribution in [0.1, 0.15) is 36.8 Å². The van der Waals surface area contributed by atoms with Gasteiger partial charge in [0.1, 0.15) is 0 Å². The summed E-state index contributed by atoms with van der Waals surface area (Å²) in [6.07, 6.45) is 5.25. The zero-order valence-corrected chi connectivity index (χ0v) is 38.5. The number of hydrogen-bond acceptors (Lipinski definition) is 1. The zero-order valence-electron chi connectivity index (χ0n) is 38.5. The van der Waals surface area contributed by atoms with Crippen molar-refractivity contribution in [3.63, 3.8) is 0 Å². The summed E-state index contributed by atoms with van der Waals surface area (Å²) >= 11 is 0. The number of benzene rings is 10. The number of para-hydroxylation sites is 3. The van der Waals surface area contributed by atoms with Gasteiger partial charge in [0.15, 0.2) is 0 Å². The molecule has 0 saturated heterocycles. The van der Waals surface area contributed by atoms with Crippen LogP contribution in [0.2, 0.25) is 0 Å². The first-order valence-corrected chi connectivity index (χ1v) is 24.8. The SMILES string of the molecule is c1ccc(-c2ccccc2-c2ccccc2-c2ccccc2N(c2cccc(-c3ccc4c5ccccc5n(-c5ccccc5)c4c3)c2)c2cccc3c2-c2ccccc2C32CC3CCC2C3)cc1. The molecule has 0 N–H and O–H groups in total. The molecule has 3 unspecified atom stereocenters. The van der Waals surface area contributed by atoms with Crippen LogP contribution in [-0.2, 0) is 5.41 Å². The average molecular weight is 883 g/mol. The van der Waals surface area contributed by atoms with Crippen molar-refractivity contribution in [2.75, 3.05) is 4.90 Å². The molecule has 2 bridgehead atoms. The Balaban J connectivity index is 1.000. The Hall–Kier alpha value is -8.20. The van der Waals surface area contributed by atoms with Crippen molar-refractivity contribution >= 4 is 38.9 Å². The van der Waals surface area contributed by atoms with Crippen molar-refractivity contribution in [2.24, 2.45) is 11.8 Å². The smallest absolute Gasteiger partial charge is 0.0547 e. The molecular weight excluding hydrogens is 833 g/mol. The fourth-order valence-electron chi connectivity index (χ4n) is 13.3. The van der Waals surface area contributed by atoms with Crippen LogP contribution in [0.4, 0.5) is 17.1 Å². The molecule has 3 aliphatic carbocycles. The van der Waals surface area contributed by atoms with Crippen LogP contribution < -0.4 is 4.90 Å². The largest absolute Gasteiger partial charge is 0.309 e. The van der Waals surface area contributed by atoms with E-state index in [4.69, 9.17) is 0 Å². The van der Waals surface area contributed by atoms with Crippen molar-refractivity contribution in [2.45, 2.75) is 31.1 Å². The predicted octanol–water partition coefficient (Wildman–Crippen LogP) is 18.0. The molecule has 328 valence electrons. The standard InChI is InChI=1S/C67H50N2/c1-3-19-46(20-4-1)52-25-7-8-26-53(52)54-27-9-10-28-55(54)56-29-12-15-34-62(56)69(64-36-18-33-61-66(64)59-31-11-14-32-60(59)67(61)44-45-37-39-49(67)41-45)51-24-17-21-47(42-51)48-38-40-58-57-30-13-16-35-63(57)68(65(58)43-48)50-22-5-2-6-23-50/h1-36,38,40,42-43,45,49H,37,39,41,44H2. The molecule has 1 heterocycles. The van der Waals surface area contributed by atoms with E-state index in [-0.39, 0.29) is 5.41 Å². The van der Waals surface area contributed by atoms with E-state index < -0.39 is 0 Å². The highest BCUT2D eigenvalue weighted by Gasteiger charge is 2.57. The summed E-state index contributed by atoms with van der Waals surface area (Å²) in [6.45, 7) is 0. The molecule has 10 aromatic carbocycles. The lowest BCUT2D eigenvalue weighted by atomic mass is 9.67. The van der Waals surface area contributed by atoms with Gasteiger partial charge >= 0.3 is 0 Å². The topological polar surface area (TPSA) is 8.17 Å². The Labute approximate surface area is 404 Å². The van der Waals surface area contributed by atoms with Gasteiger partial charge in [-0.05, 0) is 135 Å². The summed E-state index contributed by atoms with van der Waals surface area (Å²) in [5.74, 6) is 1.46. The lowest BCUT2D eigenvalue weighted by Crippen LogP contribution is -2.31. The van der Waals surface area contributed by atoms with E-state index >= 15 is 0 Å². The Morgan fingerprint density at radius 1 is 0.391 bits per heavy atom. The first-order valence-electron chi connectivity index (χ1n) is 24.8. The molecule has 1 spiro atoms. The van der Waals surface area contributed by atoms with Gasteiger partial charge in [-0.1, -0.05) is 201 Å². The second kappa shape index (κ2) is 16.0. The maximum absolute atomic E-state index is 2.60. The molecule has 3 atom stereocenters. The van der Waals surface area contributed by atoms with Crippen LogP contribution in [-0.4, -0.2) is 4.57 Å². The van der Waals surface area contributed by atoms with Crippen LogP contribution in [0.15, 0.2) is 243 Å². The zero-order chi connectivity index (χ0) is 45.5. The van der Waals surface area contributed by atoms with Gasteiger partial charge in [0.25, 0.3) is 0 Å². The molecular formula is C67H50N2. The summed E-state index contributed by atoms with van der Waals surface area (Å²) < 4.78 is 2.42. The molecule has 0 radical (unpaired) electrons. The number of fused-ring (bicyclic) bond motifs is 11. The van der Waals surface area contributed by atoms with E-state index in [9.17, 15) is 0 Å². The fraction of sp³-hybridized carbons (Fsp3) is 0.104. The predicted molar refractivity (Wildman–Crippen MR) is 289 cm³/mol. The van der Waals surface area contributed by atoms with Crippen LogP contribution in [0.5, 0.6) is 0 Å². The Kier molecular flexibility index (Phi) is 9.24. The molecule has 0 amide bonds. The van der Waals surface area contributed by atoms with Crippen LogP contribution in [0.25, 0.3) is 83.1 Å². The molecule has 1 aromatic heterocycles. The monoisotopic (exact) mass is 882 g/mol. The molecule has 14 rings (SSSR count). The number of rotatable bonds is 8. The van der Waals surface area contributed by atoms with Gasteiger partial charge in [0.05, 0.1) is 22.4 Å². The van der Waals surface area contributed by atoms with E-state index in [1.54, 1.807) is 0 Å². The highest BCUT2D eigenvalue weighted by molar-refractivity contribution is 6.10. The Morgan fingerprint density at radius 2 is 0.971 bits per heavy atom. The highest BCUT2D eigenvalue weighted by atomic mass is 15.1. The first-order chi connectivity index (χ1) is 34.2. The lowest BCUT2D eigenvalue weighted by molar-refractivity contribution is 0.327. The first kappa shape index (κ1) is 39.9. The van der Waals surface area contributed by atoms with E-state index in [1.807, 2.05) is 0 Å². The van der Waals surface area contributed by atoms with Crippen molar-refractivity contribution in [1.29, 1.82) is 0 Å². The third-order valence-electron chi connectivity index (χ3n) is 16.1. The summed E-state index contributed by atoms with van der Waals surface area (Å²) in [6, 6.07) is 90.4. The number of anilines is 3. The van der Waals surface area contributed by atoms with Gasteiger partial charge in [0.2, 0.25) is 0 Å². The molecule has 69 heavy (non-hydrogen) atoms. The molecule has 11 aromatic rings. The van der Waals surface area contributed by atoms with Gasteiger partial charge in [-0.25, -0.2) is 0 Å². The second-order valence-electron chi connectivity index (χ2n) is 19.6. The molecule has 3 aliphatic rings. The summed E-state index contributed by atoms with van der Waals surface area (Å²) in [5.41, 5.74) is 22.6.